The Hall–Kier alpha value is -3.04. The van der Waals surface area contributed by atoms with E-state index < -0.39 is 0 Å². The average Bonchev–Trinajstić information content (AvgIpc) is 3.58. The van der Waals surface area contributed by atoms with Gasteiger partial charge in [-0.25, -0.2) is 4.98 Å². The van der Waals surface area contributed by atoms with E-state index >= 15 is 0 Å². The number of rotatable bonds is 8. The van der Waals surface area contributed by atoms with Crippen molar-refractivity contribution >= 4 is 39.1 Å². The number of amides is 2. The van der Waals surface area contributed by atoms with Crippen molar-refractivity contribution in [3.8, 4) is 5.88 Å². The molecular formula is C23H26N4O4S. The minimum absolute atomic E-state index is 0.0755. The lowest BCUT2D eigenvalue weighted by molar-refractivity contribution is -0.117. The molecular weight excluding hydrogens is 428 g/mol. The second-order valence-electron chi connectivity index (χ2n) is 7.90. The minimum Gasteiger partial charge on any atom is -0.480 e. The van der Waals surface area contributed by atoms with Crippen LogP contribution in [0.5, 0.6) is 5.88 Å². The first-order valence-electron chi connectivity index (χ1n) is 10.5. The molecule has 9 heteroatoms. The van der Waals surface area contributed by atoms with Crippen molar-refractivity contribution in [3.63, 3.8) is 0 Å². The fraction of sp³-hybridized carbons (Fsp3) is 0.391. The molecule has 1 aromatic carbocycles. The topological polar surface area (TPSA) is 102 Å². The third kappa shape index (κ3) is 4.58. The zero-order chi connectivity index (χ0) is 22.8. The van der Waals surface area contributed by atoms with Crippen LogP contribution >= 0.6 is 11.3 Å². The molecule has 0 saturated heterocycles. The van der Waals surface area contributed by atoms with Gasteiger partial charge in [0.2, 0.25) is 11.8 Å². The van der Waals surface area contributed by atoms with Crippen LogP contribution in [-0.4, -0.2) is 36.0 Å². The van der Waals surface area contributed by atoms with E-state index in [4.69, 9.17) is 9.47 Å². The summed E-state index contributed by atoms with van der Waals surface area (Å²) in [6.07, 6.45) is 1.94. The SMILES string of the molecule is COCc1nc(OC)c2c(C)c(C(=O)NC(C)c3ccc(NC(=O)C4CC4)cc3)sc2n1. The maximum Gasteiger partial charge on any atom is 0.262 e. The maximum atomic E-state index is 13.1. The minimum atomic E-state index is -0.211. The highest BCUT2D eigenvalue weighted by Crippen LogP contribution is 2.35. The van der Waals surface area contributed by atoms with Crippen molar-refractivity contribution < 1.29 is 19.1 Å². The van der Waals surface area contributed by atoms with E-state index in [1.807, 2.05) is 38.1 Å². The standard InChI is InChI=1S/C23H26N4O4S/c1-12-18-22(31-4)26-17(11-30-3)27-23(18)32-19(12)21(29)24-13(2)14-7-9-16(10-8-14)25-20(28)15-5-6-15/h7-10,13,15H,5-6,11H2,1-4H3,(H,24,29)(H,25,28). The summed E-state index contributed by atoms with van der Waals surface area (Å²) in [4.78, 5) is 35.1. The van der Waals surface area contributed by atoms with Crippen LogP contribution in [0.1, 0.15) is 52.4 Å². The lowest BCUT2D eigenvalue weighted by Gasteiger charge is -2.15. The van der Waals surface area contributed by atoms with Gasteiger partial charge < -0.3 is 20.1 Å². The number of carbonyl (C=O) groups excluding carboxylic acids is 2. The number of hydrogen-bond acceptors (Lipinski definition) is 7. The number of aromatic nitrogens is 2. The molecule has 168 valence electrons. The lowest BCUT2D eigenvalue weighted by Crippen LogP contribution is -2.26. The Morgan fingerprint density at radius 3 is 2.53 bits per heavy atom. The lowest BCUT2D eigenvalue weighted by atomic mass is 10.1. The van der Waals surface area contributed by atoms with Crippen molar-refractivity contribution in [2.24, 2.45) is 5.92 Å². The van der Waals surface area contributed by atoms with Crippen LogP contribution < -0.4 is 15.4 Å². The molecule has 3 aromatic rings. The second-order valence-corrected chi connectivity index (χ2v) is 8.90. The second kappa shape index (κ2) is 9.22. The fourth-order valence-electron chi connectivity index (χ4n) is 3.49. The number of thiophene rings is 1. The maximum absolute atomic E-state index is 13.1. The number of anilines is 1. The van der Waals surface area contributed by atoms with Gasteiger partial charge in [-0.2, -0.15) is 4.98 Å². The molecule has 4 rings (SSSR count). The van der Waals surface area contributed by atoms with Gasteiger partial charge in [0.15, 0.2) is 5.82 Å². The van der Waals surface area contributed by atoms with Crippen LogP contribution in [0.2, 0.25) is 0 Å². The molecule has 1 unspecified atom stereocenters. The summed E-state index contributed by atoms with van der Waals surface area (Å²) in [6.45, 7) is 4.06. The van der Waals surface area contributed by atoms with E-state index in [2.05, 4.69) is 20.6 Å². The van der Waals surface area contributed by atoms with Gasteiger partial charge in [-0.15, -0.1) is 11.3 Å². The molecule has 1 fully saturated rings. The number of fused-ring (bicyclic) bond motifs is 1. The van der Waals surface area contributed by atoms with Crippen molar-refractivity contribution in [2.75, 3.05) is 19.5 Å². The van der Waals surface area contributed by atoms with Crippen LogP contribution in [0.3, 0.4) is 0 Å². The highest BCUT2D eigenvalue weighted by atomic mass is 32.1. The highest BCUT2D eigenvalue weighted by Gasteiger charge is 2.29. The number of aryl methyl sites for hydroxylation is 1. The fourth-order valence-corrected chi connectivity index (χ4v) is 4.59. The van der Waals surface area contributed by atoms with Gasteiger partial charge in [0.1, 0.15) is 11.4 Å². The Kier molecular flexibility index (Phi) is 6.38. The number of nitrogens with zero attached hydrogens (tertiary/aromatic N) is 2. The van der Waals surface area contributed by atoms with Crippen LogP contribution in [0.4, 0.5) is 5.69 Å². The van der Waals surface area contributed by atoms with Crippen molar-refractivity contribution in [1.82, 2.24) is 15.3 Å². The predicted octanol–water partition coefficient (Wildman–Crippen LogP) is 3.99. The number of benzene rings is 1. The Bertz CT molecular complexity index is 1160. The van der Waals surface area contributed by atoms with E-state index in [0.29, 0.717) is 21.4 Å². The molecule has 1 atom stereocenters. The Morgan fingerprint density at radius 1 is 1.19 bits per heavy atom. The third-order valence-electron chi connectivity index (χ3n) is 5.45. The van der Waals surface area contributed by atoms with Gasteiger partial charge >= 0.3 is 0 Å². The van der Waals surface area contributed by atoms with Gasteiger partial charge in [-0.3, -0.25) is 9.59 Å². The van der Waals surface area contributed by atoms with Crippen LogP contribution in [0.25, 0.3) is 10.2 Å². The van der Waals surface area contributed by atoms with Crippen molar-refractivity contribution in [2.45, 2.75) is 39.3 Å². The molecule has 1 aliphatic rings. The summed E-state index contributed by atoms with van der Waals surface area (Å²) >= 11 is 1.31. The third-order valence-corrected chi connectivity index (χ3v) is 6.63. The molecule has 8 nitrogen and oxygen atoms in total. The number of nitrogens with one attached hydrogen (secondary N) is 2. The number of hydrogen-bond donors (Lipinski definition) is 2. The van der Waals surface area contributed by atoms with E-state index in [1.54, 1.807) is 14.2 Å². The molecule has 2 amide bonds. The predicted molar refractivity (Wildman–Crippen MR) is 123 cm³/mol. The molecule has 0 radical (unpaired) electrons. The normalized spacial score (nSPS) is 14.2. The summed E-state index contributed by atoms with van der Waals surface area (Å²) in [5, 5.41) is 6.72. The van der Waals surface area contributed by atoms with Gasteiger partial charge in [-0.1, -0.05) is 12.1 Å². The molecule has 2 N–H and O–H groups in total. The monoisotopic (exact) mass is 454 g/mol. The van der Waals surface area contributed by atoms with Gasteiger partial charge in [-0.05, 0) is 49.9 Å². The number of methoxy groups -OCH3 is 2. The molecule has 0 bridgehead atoms. The van der Waals surface area contributed by atoms with Crippen molar-refractivity contribution in [1.29, 1.82) is 0 Å². The summed E-state index contributed by atoms with van der Waals surface area (Å²) in [5.74, 6) is 0.997. The molecule has 2 aromatic heterocycles. The molecule has 0 aliphatic heterocycles. The first-order valence-corrected chi connectivity index (χ1v) is 11.3. The first kappa shape index (κ1) is 22.2. The van der Waals surface area contributed by atoms with Gasteiger partial charge in [0.25, 0.3) is 5.91 Å². The Morgan fingerprint density at radius 2 is 1.91 bits per heavy atom. The van der Waals surface area contributed by atoms with Crippen molar-refractivity contribution in [3.05, 3.63) is 46.1 Å². The van der Waals surface area contributed by atoms with E-state index in [1.165, 1.54) is 11.3 Å². The van der Waals surface area contributed by atoms with Crippen LogP contribution in [0.15, 0.2) is 24.3 Å². The number of carbonyl (C=O) groups is 2. The zero-order valence-electron chi connectivity index (χ0n) is 18.5. The Labute approximate surface area is 190 Å². The van der Waals surface area contributed by atoms with Gasteiger partial charge in [0, 0.05) is 18.7 Å². The smallest absolute Gasteiger partial charge is 0.262 e. The van der Waals surface area contributed by atoms with Crippen LogP contribution in [0, 0.1) is 12.8 Å². The van der Waals surface area contributed by atoms with E-state index in [9.17, 15) is 9.59 Å². The molecule has 1 saturated carbocycles. The first-order chi connectivity index (χ1) is 15.4. The van der Waals surface area contributed by atoms with E-state index in [-0.39, 0.29) is 30.4 Å². The highest BCUT2D eigenvalue weighted by molar-refractivity contribution is 7.20. The summed E-state index contributed by atoms with van der Waals surface area (Å²) < 4.78 is 10.6. The quantitative estimate of drug-likeness (QED) is 0.533. The van der Waals surface area contributed by atoms with Crippen LogP contribution in [-0.2, 0) is 16.1 Å². The van der Waals surface area contributed by atoms with Gasteiger partial charge in [0.05, 0.1) is 23.4 Å². The van der Waals surface area contributed by atoms with E-state index in [0.717, 1.165) is 35.0 Å². The summed E-state index contributed by atoms with van der Waals surface area (Å²) in [7, 11) is 3.13. The molecule has 0 spiro atoms. The molecule has 32 heavy (non-hydrogen) atoms. The number of ether oxygens (including phenoxy) is 2. The molecule has 2 heterocycles. The zero-order valence-corrected chi connectivity index (χ0v) is 19.3. The Balaban J connectivity index is 1.50. The molecule has 1 aliphatic carbocycles. The average molecular weight is 455 g/mol. The largest absolute Gasteiger partial charge is 0.480 e. The summed E-state index contributed by atoms with van der Waals surface area (Å²) in [6, 6.07) is 7.34. The summed E-state index contributed by atoms with van der Waals surface area (Å²) in [5.41, 5.74) is 2.50.